The zero-order valence-electron chi connectivity index (χ0n) is 18.4. The molecule has 0 aliphatic carbocycles. The van der Waals surface area contributed by atoms with Gasteiger partial charge in [-0.3, -0.25) is 14.9 Å². The van der Waals surface area contributed by atoms with Crippen LogP contribution in [0.3, 0.4) is 0 Å². The minimum Gasteiger partial charge on any atom is -0.494 e. The molecule has 2 amide bonds. The zero-order valence-corrected chi connectivity index (χ0v) is 19.2. The van der Waals surface area contributed by atoms with Crippen LogP contribution in [0.1, 0.15) is 61.9 Å². The van der Waals surface area contributed by atoms with E-state index in [9.17, 15) is 9.59 Å². The third-order valence-corrected chi connectivity index (χ3v) is 4.87. The van der Waals surface area contributed by atoms with Crippen molar-refractivity contribution in [2.24, 2.45) is 0 Å². The number of ether oxygens (including phenoxy) is 1. The number of anilines is 2. The molecule has 2 aromatic rings. The summed E-state index contributed by atoms with van der Waals surface area (Å²) >= 11 is 5.25. The summed E-state index contributed by atoms with van der Waals surface area (Å²) in [5.74, 6) is 0.288. The smallest absolute Gasteiger partial charge is 0.257 e. The van der Waals surface area contributed by atoms with Crippen LogP contribution >= 0.6 is 12.2 Å². The van der Waals surface area contributed by atoms with Crippen molar-refractivity contribution in [3.05, 3.63) is 53.6 Å². The summed E-state index contributed by atoms with van der Waals surface area (Å²) in [7, 11) is 0. The minimum absolute atomic E-state index is 0.153. The predicted octanol–water partition coefficient (Wildman–Crippen LogP) is 5.43. The number of unbranched alkanes of at least 4 members (excludes halogenated alkanes) is 4. The summed E-state index contributed by atoms with van der Waals surface area (Å²) in [5.41, 5.74) is 2.77. The molecule has 0 aliphatic heterocycles. The van der Waals surface area contributed by atoms with Gasteiger partial charge in [-0.15, -0.1) is 0 Å². The highest BCUT2D eigenvalue weighted by molar-refractivity contribution is 7.80. The maximum absolute atomic E-state index is 12.4. The molecule has 0 saturated heterocycles. The quantitative estimate of drug-likeness (QED) is 0.338. The first-order chi connectivity index (χ1) is 14.9. The van der Waals surface area contributed by atoms with Crippen LogP contribution in [0.15, 0.2) is 42.5 Å². The van der Waals surface area contributed by atoms with Gasteiger partial charge >= 0.3 is 0 Å². The van der Waals surface area contributed by atoms with Crippen LogP contribution in [0, 0.1) is 6.92 Å². The van der Waals surface area contributed by atoms with E-state index >= 15 is 0 Å². The molecule has 0 atom stereocenters. The predicted molar refractivity (Wildman–Crippen MR) is 130 cm³/mol. The number of nitrogens with one attached hydrogen (secondary N) is 3. The first-order valence-corrected chi connectivity index (χ1v) is 11.0. The Morgan fingerprint density at radius 3 is 2.35 bits per heavy atom. The molecule has 2 aromatic carbocycles. The third-order valence-electron chi connectivity index (χ3n) is 4.67. The van der Waals surface area contributed by atoms with Crippen LogP contribution in [0.2, 0.25) is 0 Å². The van der Waals surface area contributed by atoms with E-state index in [1.807, 2.05) is 19.1 Å². The second-order valence-electron chi connectivity index (χ2n) is 7.41. The first-order valence-electron chi connectivity index (χ1n) is 10.6. The van der Waals surface area contributed by atoms with Crippen LogP contribution in [0.5, 0.6) is 5.75 Å². The van der Waals surface area contributed by atoms with E-state index in [-0.39, 0.29) is 16.9 Å². The Morgan fingerprint density at radius 2 is 1.68 bits per heavy atom. The van der Waals surface area contributed by atoms with E-state index in [4.69, 9.17) is 17.0 Å². The minimum atomic E-state index is -0.308. The Labute approximate surface area is 189 Å². The number of hydrogen-bond acceptors (Lipinski definition) is 4. The lowest BCUT2D eigenvalue weighted by Gasteiger charge is -2.13. The van der Waals surface area contributed by atoms with E-state index in [1.54, 1.807) is 30.3 Å². The van der Waals surface area contributed by atoms with Gasteiger partial charge in [-0.2, -0.15) is 0 Å². The van der Waals surface area contributed by atoms with Crippen molar-refractivity contribution < 1.29 is 14.3 Å². The largest absolute Gasteiger partial charge is 0.494 e. The van der Waals surface area contributed by atoms with Gasteiger partial charge in [-0.05, 0) is 67.5 Å². The molecular weight excluding hydrogens is 410 g/mol. The molecule has 0 saturated carbocycles. The molecule has 3 N–H and O–H groups in total. The van der Waals surface area contributed by atoms with Gasteiger partial charge in [0.25, 0.3) is 5.91 Å². The summed E-state index contributed by atoms with van der Waals surface area (Å²) in [6.07, 6.45) is 5.94. The maximum atomic E-state index is 12.4. The van der Waals surface area contributed by atoms with Gasteiger partial charge in [0, 0.05) is 23.9 Å². The molecule has 31 heavy (non-hydrogen) atoms. The van der Waals surface area contributed by atoms with Crippen molar-refractivity contribution in [3.63, 3.8) is 0 Å². The number of carbonyl (C=O) groups excluding carboxylic acids is 2. The number of hydrogen-bond donors (Lipinski definition) is 3. The molecule has 0 heterocycles. The van der Waals surface area contributed by atoms with Crippen LogP contribution in [0.4, 0.5) is 11.4 Å². The topological polar surface area (TPSA) is 79.5 Å². The monoisotopic (exact) mass is 441 g/mol. The molecule has 0 aliphatic rings. The molecule has 166 valence electrons. The van der Waals surface area contributed by atoms with Gasteiger partial charge in [-0.25, -0.2) is 0 Å². The van der Waals surface area contributed by atoms with Crippen LogP contribution in [0.25, 0.3) is 0 Å². The van der Waals surface area contributed by atoms with E-state index in [2.05, 4.69) is 22.9 Å². The highest BCUT2D eigenvalue weighted by Crippen LogP contribution is 2.20. The molecular formula is C24H31N3O3S. The fraction of sp³-hybridized carbons (Fsp3) is 0.375. The molecule has 0 radical (unpaired) electrons. The number of benzene rings is 2. The second-order valence-corrected chi connectivity index (χ2v) is 7.81. The lowest BCUT2D eigenvalue weighted by molar-refractivity contribution is -0.114. The van der Waals surface area contributed by atoms with Crippen molar-refractivity contribution >= 4 is 40.5 Å². The van der Waals surface area contributed by atoms with E-state index in [0.717, 1.165) is 17.7 Å². The van der Waals surface area contributed by atoms with Gasteiger partial charge in [0.15, 0.2) is 5.11 Å². The molecule has 0 aromatic heterocycles. The van der Waals surface area contributed by atoms with Gasteiger partial charge in [0.2, 0.25) is 5.91 Å². The number of carbonyl (C=O) groups is 2. The van der Waals surface area contributed by atoms with Crippen molar-refractivity contribution in [2.75, 3.05) is 17.2 Å². The summed E-state index contributed by atoms with van der Waals surface area (Å²) in [6.45, 7) is 6.23. The number of aryl methyl sites for hydroxylation is 1. The Hall–Kier alpha value is -2.93. The van der Waals surface area contributed by atoms with Crippen molar-refractivity contribution in [1.82, 2.24) is 5.32 Å². The van der Waals surface area contributed by atoms with E-state index in [1.165, 1.54) is 32.6 Å². The third kappa shape index (κ3) is 8.76. The summed E-state index contributed by atoms with van der Waals surface area (Å²) in [4.78, 5) is 23.8. The molecule has 6 nitrogen and oxygen atoms in total. The Balaban J connectivity index is 1.83. The first kappa shape index (κ1) is 24.3. The molecule has 0 fully saturated rings. The summed E-state index contributed by atoms with van der Waals surface area (Å²) in [5, 5.41) is 8.57. The van der Waals surface area contributed by atoms with Crippen molar-refractivity contribution in [1.29, 1.82) is 0 Å². The van der Waals surface area contributed by atoms with Crippen LogP contribution < -0.4 is 20.7 Å². The van der Waals surface area contributed by atoms with Gasteiger partial charge < -0.3 is 15.4 Å². The average Bonchev–Trinajstić information content (AvgIpc) is 2.73. The number of rotatable bonds is 10. The standard InChI is InChI=1S/C24H31N3O3S/c1-4-5-6-7-8-15-30-21-13-10-19(11-14-21)23(29)27-24(31)26-20-12-9-17(2)22(16-20)25-18(3)28/h9-14,16H,4-8,15H2,1-3H3,(H,25,28)(H2,26,27,29,31). The highest BCUT2D eigenvalue weighted by Gasteiger charge is 2.09. The summed E-state index contributed by atoms with van der Waals surface area (Å²) < 4.78 is 5.73. The van der Waals surface area contributed by atoms with Gasteiger partial charge in [0.05, 0.1) is 6.61 Å². The Morgan fingerprint density at radius 1 is 0.968 bits per heavy atom. The molecule has 7 heteroatoms. The lowest BCUT2D eigenvalue weighted by Crippen LogP contribution is -2.34. The number of amides is 2. The molecule has 0 bridgehead atoms. The maximum Gasteiger partial charge on any atom is 0.257 e. The molecule has 0 spiro atoms. The fourth-order valence-electron chi connectivity index (χ4n) is 2.96. The Bertz CT molecular complexity index is 897. The molecule has 0 unspecified atom stereocenters. The van der Waals surface area contributed by atoms with Crippen LogP contribution in [-0.4, -0.2) is 23.5 Å². The second kappa shape index (κ2) is 12.7. The zero-order chi connectivity index (χ0) is 22.6. The normalized spacial score (nSPS) is 10.3. The van der Waals surface area contributed by atoms with Gasteiger partial charge in [0.1, 0.15) is 5.75 Å². The van der Waals surface area contributed by atoms with E-state index in [0.29, 0.717) is 23.5 Å². The Kier molecular flexibility index (Phi) is 9.97. The number of thiocarbonyl (C=S) groups is 1. The fourth-order valence-corrected chi connectivity index (χ4v) is 3.17. The van der Waals surface area contributed by atoms with Gasteiger partial charge in [-0.1, -0.05) is 38.7 Å². The van der Waals surface area contributed by atoms with Crippen molar-refractivity contribution in [3.8, 4) is 5.75 Å². The van der Waals surface area contributed by atoms with Crippen molar-refractivity contribution in [2.45, 2.75) is 52.9 Å². The molecule has 2 rings (SSSR count). The average molecular weight is 442 g/mol. The van der Waals surface area contributed by atoms with E-state index < -0.39 is 0 Å². The lowest BCUT2D eigenvalue weighted by atomic mass is 10.1. The van der Waals surface area contributed by atoms with Crippen LogP contribution in [-0.2, 0) is 4.79 Å². The highest BCUT2D eigenvalue weighted by atomic mass is 32.1. The summed E-state index contributed by atoms with van der Waals surface area (Å²) in [6, 6.07) is 12.5. The SMILES string of the molecule is CCCCCCCOc1ccc(C(=O)NC(=S)Nc2ccc(C)c(NC(C)=O)c2)cc1.